The van der Waals surface area contributed by atoms with E-state index in [1.165, 1.54) is 6.33 Å². The Morgan fingerprint density at radius 1 is 1.40 bits per heavy atom. The highest BCUT2D eigenvalue weighted by molar-refractivity contribution is 5.68. The molecule has 0 saturated heterocycles. The van der Waals surface area contributed by atoms with E-state index in [0.29, 0.717) is 12.3 Å². The summed E-state index contributed by atoms with van der Waals surface area (Å²) in [6.45, 7) is 6.49. The number of aromatic amines is 1. The molecule has 0 radical (unpaired) electrons. The minimum absolute atomic E-state index is 0.162. The van der Waals surface area contributed by atoms with E-state index in [1.807, 2.05) is 20.8 Å². The summed E-state index contributed by atoms with van der Waals surface area (Å²) >= 11 is 0. The van der Waals surface area contributed by atoms with Crippen LogP contribution in [0.3, 0.4) is 0 Å². The number of imidazole rings is 1. The molecule has 0 aliphatic carbocycles. The molecule has 2 rings (SSSR count). The molecule has 15 heavy (non-hydrogen) atoms. The molecule has 0 spiro atoms. The van der Waals surface area contributed by atoms with E-state index in [9.17, 15) is 0 Å². The quantitative estimate of drug-likeness (QED) is 0.811. The third-order valence-electron chi connectivity index (χ3n) is 1.85. The Morgan fingerprint density at radius 2 is 2.20 bits per heavy atom. The smallest absolute Gasteiger partial charge is 0.180 e. The van der Waals surface area contributed by atoms with E-state index in [-0.39, 0.29) is 5.60 Å². The monoisotopic (exact) mass is 206 g/mol. The zero-order valence-electron chi connectivity index (χ0n) is 9.11. The van der Waals surface area contributed by atoms with Gasteiger partial charge in [-0.1, -0.05) is 0 Å². The van der Waals surface area contributed by atoms with Crippen LogP contribution in [0.25, 0.3) is 11.2 Å². The summed E-state index contributed by atoms with van der Waals surface area (Å²) < 4.78 is 5.60. The molecule has 0 bridgehead atoms. The van der Waals surface area contributed by atoms with Gasteiger partial charge in [0.2, 0.25) is 0 Å². The van der Waals surface area contributed by atoms with Gasteiger partial charge in [-0.25, -0.2) is 15.0 Å². The van der Waals surface area contributed by atoms with Crippen molar-refractivity contribution in [2.24, 2.45) is 0 Å². The van der Waals surface area contributed by atoms with E-state index in [2.05, 4.69) is 19.9 Å². The predicted molar refractivity (Wildman–Crippen MR) is 56.2 cm³/mol. The molecule has 0 fully saturated rings. The molecule has 0 aliphatic rings. The zero-order valence-corrected chi connectivity index (χ0v) is 9.11. The number of nitrogens with one attached hydrogen (secondary N) is 1. The van der Waals surface area contributed by atoms with E-state index >= 15 is 0 Å². The molecule has 2 aromatic rings. The van der Waals surface area contributed by atoms with E-state index in [4.69, 9.17) is 4.74 Å². The van der Waals surface area contributed by atoms with Crippen molar-refractivity contribution in [3.05, 3.63) is 18.3 Å². The third kappa shape index (κ3) is 2.50. The first-order valence-corrected chi connectivity index (χ1v) is 4.83. The van der Waals surface area contributed by atoms with E-state index < -0.39 is 0 Å². The molecule has 2 aromatic heterocycles. The Balaban J connectivity index is 2.16. The Kier molecular flexibility index (Phi) is 2.40. The lowest BCUT2D eigenvalue weighted by Crippen LogP contribution is -2.19. The van der Waals surface area contributed by atoms with Crippen LogP contribution in [0.2, 0.25) is 0 Å². The molecule has 5 heteroatoms. The summed E-state index contributed by atoms with van der Waals surface area (Å²) in [5, 5.41) is 0. The predicted octanol–water partition coefficient (Wildman–Crippen LogP) is 1.67. The largest absolute Gasteiger partial charge is 0.368 e. The van der Waals surface area contributed by atoms with Crippen LogP contribution >= 0.6 is 0 Å². The van der Waals surface area contributed by atoms with Gasteiger partial charge in [0.1, 0.15) is 24.3 Å². The second-order valence-electron chi connectivity index (χ2n) is 4.34. The molecule has 0 unspecified atom stereocenters. The first-order chi connectivity index (χ1) is 7.04. The van der Waals surface area contributed by atoms with Crippen LogP contribution < -0.4 is 0 Å². The molecule has 0 saturated carbocycles. The molecule has 80 valence electrons. The van der Waals surface area contributed by atoms with Gasteiger partial charge in [0.25, 0.3) is 0 Å². The third-order valence-corrected chi connectivity index (χ3v) is 1.85. The summed E-state index contributed by atoms with van der Waals surface area (Å²) in [7, 11) is 0. The highest BCUT2D eigenvalue weighted by atomic mass is 16.5. The normalized spacial score (nSPS) is 12.2. The van der Waals surface area contributed by atoms with Crippen LogP contribution in [0, 0.1) is 0 Å². The maximum Gasteiger partial charge on any atom is 0.180 e. The number of ether oxygens (including phenoxy) is 1. The average molecular weight is 206 g/mol. The van der Waals surface area contributed by atoms with Crippen LogP contribution in [0.15, 0.2) is 12.5 Å². The van der Waals surface area contributed by atoms with Gasteiger partial charge in [0.15, 0.2) is 5.65 Å². The highest BCUT2D eigenvalue weighted by Crippen LogP contribution is 2.12. The van der Waals surface area contributed by atoms with E-state index in [0.717, 1.165) is 11.3 Å². The SMILES string of the molecule is CC(C)(C)OCc1nc2ncncc2[nH]1. The van der Waals surface area contributed by atoms with Gasteiger partial charge in [0.05, 0.1) is 11.8 Å². The van der Waals surface area contributed by atoms with Crippen LogP contribution in [-0.2, 0) is 11.3 Å². The van der Waals surface area contributed by atoms with Gasteiger partial charge in [-0.15, -0.1) is 0 Å². The van der Waals surface area contributed by atoms with E-state index in [1.54, 1.807) is 6.20 Å². The Labute approximate surface area is 87.9 Å². The van der Waals surface area contributed by atoms with Crippen molar-refractivity contribution in [1.82, 2.24) is 19.9 Å². The lowest BCUT2D eigenvalue weighted by Gasteiger charge is -2.18. The zero-order chi connectivity index (χ0) is 10.9. The first kappa shape index (κ1) is 10.0. The molecular weight excluding hydrogens is 192 g/mol. The Morgan fingerprint density at radius 3 is 2.87 bits per heavy atom. The van der Waals surface area contributed by atoms with Crippen molar-refractivity contribution >= 4 is 11.2 Å². The number of H-pyrrole nitrogens is 1. The summed E-state index contributed by atoms with van der Waals surface area (Å²) in [5.74, 6) is 0.778. The maximum absolute atomic E-state index is 5.60. The fraction of sp³-hybridized carbons (Fsp3) is 0.500. The van der Waals surface area contributed by atoms with Crippen molar-refractivity contribution in [2.75, 3.05) is 0 Å². The average Bonchev–Trinajstić information content (AvgIpc) is 2.56. The maximum atomic E-state index is 5.60. The second kappa shape index (κ2) is 3.58. The summed E-state index contributed by atoms with van der Waals surface area (Å²) in [6, 6.07) is 0. The van der Waals surface area contributed by atoms with Crippen molar-refractivity contribution in [2.45, 2.75) is 33.0 Å². The molecule has 1 N–H and O–H groups in total. The molecule has 0 amide bonds. The van der Waals surface area contributed by atoms with Crippen LogP contribution in [0.1, 0.15) is 26.6 Å². The number of aromatic nitrogens is 4. The van der Waals surface area contributed by atoms with Crippen LogP contribution in [-0.4, -0.2) is 25.5 Å². The lowest BCUT2D eigenvalue weighted by atomic mass is 10.2. The van der Waals surface area contributed by atoms with Gasteiger partial charge in [-0.3, -0.25) is 0 Å². The van der Waals surface area contributed by atoms with Gasteiger partial charge in [-0.2, -0.15) is 0 Å². The fourth-order valence-electron chi connectivity index (χ4n) is 1.16. The van der Waals surface area contributed by atoms with Crippen molar-refractivity contribution < 1.29 is 4.74 Å². The van der Waals surface area contributed by atoms with Crippen molar-refractivity contribution in [3.8, 4) is 0 Å². The number of nitrogens with zero attached hydrogens (tertiary/aromatic N) is 3. The highest BCUT2D eigenvalue weighted by Gasteiger charge is 2.12. The molecule has 5 nitrogen and oxygen atoms in total. The standard InChI is InChI=1S/C10H14N4O/c1-10(2,3)15-5-8-13-7-4-11-6-12-9(7)14-8/h4,6H,5H2,1-3H3,(H,11,12,13,14). The van der Waals surface area contributed by atoms with Gasteiger partial charge in [0, 0.05) is 0 Å². The minimum Gasteiger partial charge on any atom is -0.368 e. The van der Waals surface area contributed by atoms with Gasteiger partial charge in [-0.05, 0) is 20.8 Å². The summed E-state index contributed by atoms with van der Waals surface area (Å²) in [5.41, 5.74) is 1.35. The summed E-state index contributed by atoms with van der Waals surface area (Å²) in [4.78, 5) is 15.3. The molecule has 0 aliphatic heterocycles. The molecule has 2 heterocycles. The minimum atomic E-state index is -0.162. The second-order valence-corrected chi connectivity index (χ2v) is 4.34. The van der Waals surface area contributed by atoms with Crippen molar-refractivity contribution in [1.29, 1.82) is 0 Å². The molecular formula is C10H14N4O. The number of hydrogen-bond acceptors (Lipinski definition) is 4. The van der Waals surface area contributed by atoms with Gasteiger partial charge >= 0.3 is 0 Å². The summed E-state index contributed by atoms with van der Waals surface area (Å²) in [6.07, 6.45) is 3.19. The number of fused-ring (bicyclic) bond motifs is 1. The number of rotatable bonds is 2. The molecule has 0 aromatic carbocycles. The lowest BCUT2D eigenvalue weighted by molar-refractivity contribution is -0.0177. The Bertz CT molecular complexity index is 425. The Hall–Kier alpha value is -1.49. The number of hydrogen-bond donors (Lipinski definition) is 1. The molecule has 0 atom stereocenters. The van der Waals surface area contributed by atoms with Gasteiger partial charge < -0.3 is 9.72 Å². The fourth-order valence-corrected chi connectivity index (χ4v) is 1.16. The first-order valence-electron chi connectivity index (χ1n) is 4.83. The van der Waals surface area contributed by atoms with Crippen LogP contribution in [0.5, 0.6) is 0 Å². The van der Waals surface area contributed by atoms with Crippen LogP contribution in [0.4, 0.5) is 0 Å². The van der Waals surface area contributed by atoms with Crippen molar-refractivity contribution in [3.63, 3.8) is 0 Å². The topological polar surface area (TPSA) is 63.7 Å².